The van der Waals surface area contributed by atoms with E-state index in [1.165, 1.54) is 17.0 Å². The fourth-order valence-electron chi connectivity index (χ4n) is 1.80. The van der Waals surface area contributed by atoms with Crippen LogP contribution in [0.4, 0.5) is 5.69 Å². The van der Waals surface area contributed by atoms with Crippen molar-refractivity contribution in [2.24, 2.45) is 5.92 Å². The summed E-state index contributed by atoms with van der Waals surface area (Å²) in [5.41, 5.74) is 1.26. The summed E-state index contributed by atoms with van der Waals surface area (Å²) in [6.07, 6.45) is 3.33. The second-order valence-electron chi connectivity index (χ2n) is 4.38. The van der Waals surface area contributed by atoms with E-state index in [9.17, 15) is 0 Å². The topological polar surface area (TPSA) is 12.0 Å². The third-order valence-electron chi connectivity index (χ3n) is 2.33. The molecular weight excluding hydrogens is 202 g/mol. The summed E-state index contributed by atoms with van der Waals surface area (Å²) in [6.45, 7) is 6.77. The lowest BCUT2D eigenvalue weighted by Crippen LogP contribution is -2.17. The molecule has 84 valence electrons. The maximum Gasteiger partial charge on any atom is 0.0480 e. The van der Waals surface area contributed by atoms with Gasteiger partial charge in [0.05, 0.1) is 0 Å². The van der Waals surface area contributed by atoms with Gasteiger partial charge in [0.15, 0.2) is 0 Å². The van der Waals surface area contributed by atoms with Crippen LogP contribution in [0.3, 0.4) is 0 Å². The van der Waals surface area contributed by atoms with E-state index in [1.807, 2.05) is 0 Å². The first-order chi connectivity index (χ1) is 7.13. The monoisotopic (exact) mass is 223 g/mol. The molecule has 1 nitrogen and oxygen atoms in total. The summed E-state index contributed by atoms with van der Waals surface area (Å²) in [7, 11) is 0. The van der Waals surface area contributed by atoms with Crippen molar-refractivity contribution in [3.8, 4) is 0 Å². The van der Waals surface area contributed by atoms with E-state index < -0.39 is 0 Å². The fourth-order valence-corrected chi connectivity index (χ4v) is 2.36. The Hall–Kier alpha value is -0.630. The van der Waals surface area contributed by atoms with E-state index in [0.717, 1.165) is 5.92 Å². The molecule has 0 aliphatic rings. The number of hydrogen-bond donors (Lipinski definition) is 1. The molecule has 1 aromatic carbocycles. The number of rotatable bonds is 5. The van der Waals surface area contributed by atoms with Crippen molar-refractivity contribution in [3.63, 3.8) is 0 Å². The molecule has 1 atom stereocenters. The Balaban J connectivity index is 2.63. The van der Waals surface area contributed by atoms with Gasteiger partial charge in [0.2, 0.25) is 0 Å². The second-order valence-corrected chi connectivity index (χ2v) is 5.22. The molecule has 1 rings (SSSR count). The van der Waals surface area contributed by atoms with Gasteiger partial charge in [0.25, 0.3) is 0 Å². The first kappa shape index (κ1) is 12.4. The van der Waals surface area contributed by atoms with E-state index >= 15 is 0 Å². The Morgan fingerprint density at radius 1 is 1.20 bits per heavy atom. The molecule has 0 bridgehead atoms. The molecule has 15 heavy (non-hydrogen) atoms. The van der Waals surface area contributed by atoms with Crippen LogP contribution >= 0.6 is 11.8 Å². The molecule has 0 aliphatic heterocycles. The molecule has 1 unspecified atom stereocenters. The van der Waals surface area contributed by atoms with E-state index in [4.69, 9.17) is 0 Å². The molecule has 0 aliphatic carbocycles. The van der Waals surface area contributed by atoms with Gasteiger partial charge in [-0.25, -0.2) is 0 Å². The third-order valence-corrected chi connectivity index (χ3v) is 3.13. The molecule has 0 radical (unpaired) electrons. The molecule has 0 aromatic heterocycles. The quantitative estimate of drug-likeness (QED) is 0.749. The largest absolute Gasteiger partial charge is 0.382 e. The Bertz CT molecular complexity index is 296. The zero-order valence-corrected chi connectivity index (χ0v) is 10.9. The Labute approximate surface area is 97.7 Å². The Morgan fingerprint density at radius 3 is 2.47 bits per heavy atom. The molecule has 0 spiro atoms. The van der Waals surface area contributed by atoms with Gasteiger partial charge in [-0.3, -0.25) is 0 Å². The molecule has 1 aromatic rings. The van der Waals surface area contributed by atoms with Crippen LogP contribution < -0.4 is 5.32 Å². The number of anilines is 1. The van der Waals surface area contributed by atoms with Crippen LogP contribution in [0.5, 0.6) is 0 Å². The normalized spacial score (nSPS) is 12.9. The first-order valence-corrected chi connectivity index (χ1v) is 6.75. The van der Waals surface area contributed by atoms with E-state index in [0.29, 0.717) is 6.04 Å². The standard InChI is InChI=1S/C13H21NS/c1-10(2)9-11(3)14-12-7-5-6-8-13(12)15-4/h5-8,10-11,14H,9H2,1-4H3. The zero-order valence-electron chi connectivity index (χ0n) is 10.1. The summed E-state index contributed by atoms with van der Waals surface area (Å²) in [5.74, 6) is 0.744. The van der Waals surface area contributed by atoms with Crippen molar-refractivity contribution in [1.82, 2.24) is 0 Å². The van der Waals surface area contributed by atoms with Gasteiger partial charge in [-0.1, -0.05) is 26.0 Å². The predicted octanol–water partition coefficient (Wildman–Crippen LogP) is 4.26. The Morgan fingerprint density at radius 2 is 1.87 bits per heavy atom. The van der Waals surface area contributed by atoms with Crippen molar-refractivity contribution < 1.29 is 0 Å². The molecule has 0 saturated heterocycles. The van der Waals surface area contributed by atoms with Gasteiger partial charge in [-0.2, -0.15) is 0 Å². The lowest BCUT2D eigenvalue weighted by molar-refractivity contribution is 0.539. The van der Waals surface area contributed by atoms with Gasteiger partial charge in [-0.05, 0) is 37.7 Å². The highest BCUT2D eigenvalue weighted by atomic mass is 32.2. The number of hydrogen-bond acceptors (Lipinski definition) is 2. The third kappa shape index (κ3) is 4.17. The molecule has 0 saturated carbocycles. The van der Waals surface area contributed by atoms with Crippen molar-refractivity contribution in [2.75, 3.05) is 11.6 Å². The minimum absolute atomic E-state index is 0.540. The van der Waals surface area contributed by atoms with Crippen LogP contribution in [0.1, 0.15) is 27.2 Å². The lowest BCUT2D eigenvalue weighted by atomic mass is 10.1. The minimum atomic E-state index is 0.540. The highest BCUT2D eigenvalue weighted by Crippen LogP contribution is 2.25. The van der Waals surface area contributed by atoms with Gasteiger partial charge in [0.1, 0.15) is 0 Å². The van der Waals surface area contributed by atoms with E-state index in [1.54, 1.807) is 11.8 Å². The summed E-state index contributed by atoms with van der Waals surface area (Å²) in [6, 6.07) is 9.03. The van der Waals surface area contributed by atoms with Crippen LogP contribution in [-0.2, 0) is 0 Å². The van der Waals surface area contributed by atoms with Gasteiger partial charge in [-0.15, -0.1) is 11.8 Å². The average Bonchev–Trinajstić information content (AvgIpc) is 2.17. The van der Waals surface area contributed by atoms with Crippen molar-refractivity contribution in [2.45, 2.75) is 38.1 Å². The lowest BCUT2D eigenvalue weighted by Gasteiger charge is -2.18. The van der Waals surface area contributed by atoms with Gasteiger partial charge >= 0.3 is 0 Å². The van der Waals surface area contributed by atoms with E-state index in [-0.39, 0.29) is 0 Å². The summed E-state index contributed by atoms with van der Waals surface area (Å²) in [4.78, 5) is 1.33. The van der Waals surface area contributed by atoms with Crippen molar-refractivity contribution in [3.05, 3.63) is 24.3 Å². The SMILES string of the molecule is CSc1ccccc1NC(C)CC(C)C. The van der Waals surface area contributed by atoms with Crippen LogP contribution in [0.2, 0.25) is 0 Å². The smallest absolute Gasteiger partial charge is 0.0480 e. The minimum Gasteiger partial charge on any atom is -0.382 e. The predicted molar refractivity (Wildman–Crippen MR) is 70.8 cm³/mol. The zero-order chi connectivity index (χ0) is 11.3. The average molecular weight is 223 g/mol. The fraction of sp³-hybridized carbons (Fsp3) is 0.538. The maximum atomic E-state index is 3.57. The number of thioether (sulfide) groups is 1. The number of para-hydroxylation sites is 1. The van der Waals surface area contributed by atoms with Crippen LogP contribution in [0.15, 0.2) is 29.2 Å². The van der Waals surface area contributed by atoms with Gasteiger partial charge < -0.3 is 5.32 Å². The number of benzene rings is 1. The molecule has 0 heterocycles. The van der Waals surface area contributed by atoms with E-state index in [2.05, 4.69) is 56.6 Å². The highest BCUT2D eigenvalue weighted by molar-refractivity contribution is 7.98. The van der Waals surface area contributed by atoms with Crippen LogP contribution in [0.25, 0.3) is 0 Å². The Kier molecular flexibility index (Phi) is 5.03. The van der Waals surface area contributed by atoms with Gasteiger partial charge in [0, 0.05) is 16.6 Å². The number of nitrogens with one attached hydrogen (secondary N) is 1. The molecule has 0 amide bonds. The van der Waals surface area contributed by atoms with Crippen LogP contribution in [0, 0.1) is 5.92 Å². The highest BCUT2D eigenvalue weighted by Gasteiger charge is 2.06. The molecule has 2 heteroatoms. The van der Waals surface area contributed by atoms with Crippen molar-refractivity contribution >= 4 is 17.4 Å². The summed E-state index contributed by atoms with van der Waals surface area (Å²) >= 11 is 1.79. The maximum absolute atomic E-state index is 3.57. The molecule has 1 N–H and O–H groups in total. The first-order valence-electron chi connectivity index (χ1n) is 5.53. The summed E-state index contributed by atoms with van der Waals surface area (Å²) in [5, 5.41) is 3.57. The van der Waals surface area contributed by atoms with Crippen LogP contribution in [-0.4, -0.2) is 12.3 Å². The summed E-state index contributed by atoms with van der Waals surface area (Å²) < 4.78 is 0. The molecule has 0 fully saturated rings. The van der Waals surface area contributed by atoms with Crippen molar-refractivity contribution in [1.29, 1.82) is 0 Å². The molecular formula is C13H21NS. The second kappa shape index (κ2) is 6.06.